The number of hydrogen-bond acceptors (Lipinski definition) is 7. The second-order valence-electron chi connectivity index (χ2n) is 10.5. The number of phenolic OH excluding ortho intramolecular Hbond substituents is 1. The van der Waals surface area contributed by atoms with E-state index in [4.69, 9.17) is 14.2 Å². The number of carbonyl (C=O) groups excluding carboxylic acids is 2. The van der Waals surface area contributed by atoms with Gasteiger partial charge in [0.05, 0.1) is 12.5 Å². The molecule has 7 heteroatoms. The summed E-state index contributed by atoms with van der Waals surface area (Å²) < 4.78 is 18.1. The summed E-state index contributed by atoms with van der Waals surface area (Å²) in [6, 6.07) is 20.6. The third-order valence-electron chi connectivity index (χ3n) is 7.69. The number of Topliss-reactive ketones (excluding diaryl/α,β-unsaturated/α-hetero) is 1. The molecule has 0 saturated carbocycles. The van der Waals surface area contributed by atoms with Crippen molar-refractivity contribution in [2.24, 2.45) is 0 Å². The molecule has 3 heterocycles. The lowest BCUT2D eigenvalue weighted by Crippen LogP contribution is -2.42. The number of hydrogen-bond donors (Lipinski definition) is 2. The minimum absolute atomic E-state index is 0.0727. The van der Waals surface area contributed by atoms with Crippen molar-refractivity contribution in [3.05, 3.63) is 95.1 Å². The molecule has 1 fully saturated rings. The lowest BCUT2D eigenvalue weighted by molar-refractivity contribution is -0.227. The Balaban J connectivity index is 1.40. The topological polar surface area (TPSA) is 102 Å². The molecule has 0 aliphatic carbocycles. The SMILES string of the molecule is O=C1CCC[C@H]2C[C@@H](C[C@@](O)(C=Cc3ccccc3)O2)c2c(cc3c(c2O)C(=O)C[C@H](c2ccccc2)O3)O1. The van der Waals surface area contributed by atoms with Crippen LogP contribution < -0.4 is 9.47 Å². The summed E-state index contributed by atoms with van der Waals surface area (Å²) in [6.07, 6.45) is 4.51. The van der Waals surface area contributed by atoms with E-state index in [1.807, 2.05) is 60.7 Å². The van der Waals surface area contributed by atoms with Gasteiger partial charge in [0.2, 0.25) is 0 Å². The average Bonchev–Trinajstić information content (AvgIpc) is 2.92. The number of phenols is 1. The minimum atomic E-state index is -1.61. The molecule has 3 aromatic carbocycles. The smallest absolute Gasteiger partial charge is 0.311 e. The standard InChI is InChI=1S/C32H30O7/c33-24-17-25(21-10-5-2-6-11-21)37-27-18-26-29(31(35)30(24)27)22-16-23(12-7-13-28(34)38-26)39-32(36,19-22)15-14-20-8-3-1-4-9-20/h1-6,8-11,14-15,18,22-23,25,35-36H,7,12-13,16-17,19H2/t22-,23-,25+,32+/m0/s1. The highest BCUT2D eigenvalue weighted by atomic mass is 16.6. The molecule has 3 aromatic rings. The summed E-state index contributed by atoms with van der Waals surface area (Å²) in [7, 11) is 0. The zero-order chi connectivity index (χ0) is 27.0. The third-order valence-corrected chi connectivity index (χ3v) is 7.69. The van der Waals surface area contributed by atoms with Gasteiger partial charge in [-0.1, -0.05) is 66.7 Å². The van der Waals surface area contributed by atoms with Gasteiger partial charge in [-0.15, -0.1) is 0 Å². The summed E-state index contributed by atoms with van der Waals surface area (Å²) in [4.78, 5) is 26.0. The predicted molar refractivity (Wildman–Crippen MR) is 144 cm³/mol. The molecule has 0 aromatic heterocycles. The van der Waals surface area contributed by atoms with Crippen molar-refractivity contribution in [1.82, 2.24) is 0 Å². The number of aromatic hydroxyl groups is 1. The van der Waals surface area contributed by atoms with Gasteiger partial charge >= 0.3 is 5.97 Å². The Labute approximate surface area is 226 Å². The van der Waals surface area contributed by atoms with Gasteiger partial charge in [-0.2, -0.15) is 0 Å². The molecule has 0 amide bonds. The van der Waals surface area contributed by atoms with Gasteiger partial charge in [-0.05, 0) is 42.4 Å². The minimum Gasteiger partial charge on any atom is -0.507 e. The first kappa shape index (κ1) is 25.3. The summed E-state index contributed by atoms with van der Waals surface area (Å²) in [6.45, 7) is 0. The van der Waals surface area contributed by atoms with Gasteiger partial charge in [-0.3, -0.25) is 9.59 Å². The van der Waals surface area contributed by atoms with Crippen molar-refractivity contribution in [1.29, 1.82) is 0 Å². The Kier molecular flexibility index (Phi) is 6.71. The van der Waals surface area contributed by atoms with E-state index in [1.54, 1.807) is 18.2 Å². The van der Waals surface area contributed by atoms with Gasteiger partial charge in [0.25, 0.3) is 0 Å². The molecular formula is C32H30O7. The van der Waals surface area contributed by atoms with Crippen LogP contribution in [0.3, 0.4) is 0 Å². The van der Waals surface area contributed by atoms with Crippen LogP contribution in [-0.4, -0.2) is 33.9 Å². The van der Waals surface area contributed by atoms with Crippen LogP contribution in [0.1, 0.15) is 77.6 Å². The van der Waals surface area contributed by atoms with Gasteiger partial charge in [-0.25, -0.2) is 0 Å². The van der Waals surface area contributed by atoms with Crippen LogP contribution in [0.2, 0.25) is 0 Å². The predicted octanol–water partition coefficient (Wildman–Crippen LogP) is 5.85. The maximum Gasteiger partial charge on any atom is 0.311 e. The maximum atomic E-state index is 13.3. The van der Waals surface area contributed by atoms with Gasteiger partial charge < -0.3 is 24.4 Å². The zero-order valence-electron chi connectivity index (χ0n) is 21.4. The monoisotopic (exact) mass is 526 g/mol. The largest absolute Gasteiger partial charge is 0.507 e. The van der Waals surface area contributed by atoms with E-state index in [9.17, 15) is 19.8 Å². The van der Waals surface area contributed by atoms with E-state index >= 15 is 0 Å². The molecule has 3 aliphatic heterocycles. The summed E-state index contributed by atoms with van der Waals surface area (Å²) in [5, 5.41) is 23.1. The molecule has 0 radical (unpaired) electrons. The Morgan fingerprint density at radius 1 is 0.974 bits per heavy atom. The van der Waals surface area contributed by atoms with Gasteiger partial charge in [0.15, 0.2) is 11.6 Å². The van der Waals surface area contributed by atoms with Crippen LogP contribution in [0, 0.1) is 0 Å². The first-order chi connectivity index (χ1) is 18.9. The number of fused-ring (bicyclic) bond motifs is 5. The van der Waals surface area contributed by atoms with E-state index in [1.165, 1.54) is 0 Å². The lowest BCUT2D eigenvalue weighted by Gasteiger charge is -2.41. The Morgan fingerprint density at radius 3 is 2.49 bits per heavy atom. The molecule has 0 spiro atoms. The Bertz CT molecular complexity index is 1420. The van der Waals surface area contributed by atoms with Crippen LogP contribution in [0.15, 0.2) is 72.8 Å². The summed E-state index contributed by atoms with van der Waals surface area (Å²) >= 11 is 0. The van der Waals surface area contributed by atoms with Crippen LogP contribution >= 0.6 is 0 Å². The average molecular weight is 527 g/mol. The van der Waals surface area contributed by atoms with E-state index in [0.29, 0.717) is 24.8 Å². The summed E-state index contributed by atoms with van der Waals surface area (Å²) in [5.74, 6) is -2.64. The highest BCUT2D eigenvalue weighted by Crippen LogP contribution is 2.52. The molecule has 2 bridgehead atoms. The number of benzene rings is 3. The van der Waals surface area contributed by atoms with Gasteiger partial charge in [0.1, 0.15) is 28.9 Å². The molecule has 200 valence electrons. The van der Waals surface area contributed by atoms with Crippen molar-refractivity contribution < 1.29 is 34.0 Å². The molecule has 7 nitrogen and oxygen atoms in total. The van der Waals surface area contributed by atoms with Crippen molar-refractivity contribution in [2.45, 2.75) is 62.4 Å². The Hall–Kier alpha value is -3.94. The second kappa shape index (κ2) is 10.3. The van der Waals surface area contributed by atoms with E-state index < -0.39 is 23.8 Å². The molecule has 39 heavy (non-hydrogen) atoms. The number of ketones is 1. The maximum absolute atomic E-state index is 13.3. The van der Waals surface area contributed by atoms with Crippen molar-refractivity contribution in [3.8, 4) is 17.2 Å². The lowest BCUT2D eigenvalue weighted by atomic mass is 9.80. The molecule has 4 atom stereocenters. The van der Waals surface area contributed by atoms with Crippen molar-refractivity contribution >= 4 is 17.8 Å². The van der Waals surface area contributed by atoms with Crippen LogP contribution in [0.25, 0.3) is 6.08 Å². The Morgan fingerprint density at radius 2 is 1.72 bits per heavy atom. The molecule has 6 rings (SSSR count). The fourth-order valence-electron chi connectivity index (χ4n) is 5.88. The molecule has 3 aliphatic rings. The fourth-order valence-corrected chi connectivity index (χ4v) is 5.88. The quantitative estimate of drug-likeness (QED) is 0.326. The van der Waals surface area contributed by atoms with Gasteiger partial charge in [0, 0.05) is 24.5 Å². The number of esters is 1. The van der Waals surface area contributed by atoms with Crippen molar-refractivity contribution in [3.63, 3.8) is 0 Å². The molecule has 2 N–H and O–H groups in total. The second-order valence-corrected chi connectivity index (χ2v) is 10.5. The fraction of sp³-hybridized carbons (Fsp3) is 0.312. The normalized spacial score (nSPS) is 26.7. The van der Waals surface area contributed by atoms with Crippen LogP contribution in [-0.2, 0) is 9.53 Å². The first-order valence-electron chi connectivity index (χ1n) is 13.4. The van der Waals surface area contributed by atoms with Crippen LogP contribution in [0.4, 0.5) is 0 Å². The van der Waals surface area contributed by atoms with Crippen LogP contribution in [0.5, 0.6) is 17.2 Å². The highest BCUT2D eigenvalue weighted by molar-refractivity contribution is 6.03. The molecule has 1 saturated heterocycles. The summed E-state index contributed by atoms with van der Waals surface area (Å²) in [5.41, 5.74) is 2.17. The number of aliphatic hydroxyl groups is 1. The number of carbonyl (C=O) groups is 2. The molecule has 0 unspecified atom stereocenters. The number of rotatable bonds is 3. The van der Waals surface area contributed by atoms with Crippen molar-refractivity contribution in [2.75, 3.05) is 0 Å². The first-order valence-corrected chi connectivity index (χ1v) is 13.4. The highest BCUT2D eigenvalue weighted by Gasteiger charge is 2.43. The molecular weight excluding hydrogens is 496 g/mol. The number of ether oxygens (including phenoxy) is 3. The van der Waals surface area contributed by atoms with E-state index in [0.717, 1.165) is 11.1 Å². The van der Waals surface area contributed by atoms with E-state index in [-0.39, 0.29) is 54.0 Å². The van der Waals surface area contributed by atoms with E-state index in [2.05, 4.69) is 0 Å². The zero-order valence-corrected chi connectivity index (χ0v) is 21.4. The third kappa shape index (κ3) is 5.20.